The maximum atomic E-state index is 12.1. The van der Waals surface area contributed by atoms with Gasteiger partial charge in [-0.05, 0) is 18.2 Å². The lowest BCUT2D eigenvalue weighted by Gasteiger charge is -2.08. The Kier molecular flexibility index (Phi) is 3.12. The second kappa shape index (κ2) is 5.09. The van der Waals surface area contributed by atoms with E-state index in [0.29, 0.717) is 16.6 Å². The van der Waals surface area contributed by atoms with Crippen molar-refractivity contribution >= 4 is 22.5 Å². The van der Waals surface area contributed by atoms with E-state index < -0.39 is 11.5 Å². The topological polar surface area (TPSA) is 95.1 Å². The number of aromatic hydroxyl groups is 1. The summed E-state index contributed by atoms with van der Waals surface area (Å²) in [6.07, 6.45) is 1.53. The highest BCUT2D eigenvalue weighted by molar-refractivity contribution is 6.07. The number of aromatic nitrogens is 2. The van der Waals surface area contributed by atoms with E-state index in [1.54, 1.807) is 42.5 Å². The summed E-state index contributed by atoms with van der Waals surface area (Å²) >= 11 is 0. The van der Waals surface area contributed by atoms with E-state index in [-0.39, 0.29) is 11.4 Å². The fourth-order valence-electron chi connectivity index (χ4n) is 2.04. The summed E-state index contributed by atoms with van der Waals surface area (Å²) in [6, 6.07) is 11.6. The fraction of sp³-hybridized carbons (Fsp3) is 0. The first kappa shape index (κ1) is 12.9. The molecule has 2 aromatic heterocycles. The number of hydrogen-bond donors (Lipinski definition) is 3. The van der Waals surface area contributed by atoms with E-state index in [0.717, 1.165) is 0 Å². The van der Waals surface area contributed by atoms with Crippen molar-refractivity contribution in [2.45, 2.75) is 0 Å². The molecule has 0 saturated carbocycles. The van der Waals surface area contributed by atoms with Gasteiger partial charge >= 0.3 is 0 Å². The number of benzene rings is 1. The minimum Gasteiger partial charge on any atom is -0.505 e. The Morgan fingerprint density at radius 1 is 1.10 bits per heavy atom. The number of nitrogens with one attached hydrogen (secondary N) is 2. The van der Waals surface area contributed by atoms with E-state index in [1.807, 2.05) is 0 Å². The number of nitrogens with zero attached hydrogens (tertiary/aromatic N) is 1. The second-order valence-electron chi connectivity index (χ2n) is 4.39. The number of H-pyrrole nitrogens is 1. The number of pyridine rings is 2. The van der Waals surface area contributed by atoms with Gasteiger partial charge in [-0.25, -0.2) is 4.98 Å². The Bertz CT molecular complexity index is 872. The van der Waals surface area contributed by atoms with E-state index in [9.17, 15) is 14.7 Å². The van der Waals surface area contributed by atoms with Crippen molar-refractivity contribution in [1.29, 1.82) is 0 Å². The quantitative estimate of drug-likeness (QED) is 0.668. The van der Waals surface area contributed by atoms with Gasteiger partial charge in [0.05, 0.1) is 5.39 Å². The van der Waals surface area contributed by atoms with Crippen LogP contribution in [0.5, 0.6) is 5.75 Å². The molecule has 0 bridgehead atoms. The van der Waals surface area contributed by atoms with E-state index in [1.165, 1.54) is 6.20 Å². The van der Waals surface area contributed by atoms with Gasteiger partial charge in [-0.3, -0.25) is 9.59 Å². The predicted octanol–water partition coefficient (Wildman–Crippen LogP) is 1.88. The summed E-state index contributed by atoms with van der Waals surface area (Å²) in [5.41, 5.74) is -0.626. The molecule has 0 unspecified atom stereocenters. The molecule has 0 saturated heterocycles. The lowest BCUT2D eigenvalue weighted by molar-refractivity contribution is 0.101. The number of hydrogen-bond acceptors (Lipinski definition) is 4. The minimum absolute atomic E-state index is 0.190. The first-order chi connectivity index (χ1) is 10.2. The molecule has 2 heterocycles. The van der Waals surface area contributed by atoms with Crippen LogP contribution in [0.4, 0.5) is 5.82 Å². The van der Waals surface area contributed by atoms with Gasteiger partial charge in [0.25, 0.3) is 11.5 Å². The van der Waals surface area contributed by atoms with E-state index >= 15 is 0 Å². The van der Waals surface area contributed by atoms with Gasteiger partial charge in [-0.15, -0.1) is 0 Å². The van der Waals surface area contributed by atoms with Crippen LogP contribution < -0.4 is 10.9 Å². The van der Waals surface area contributed by atoms with Crippen LogP contribution in [-0.2, 0) is 0 Å². The molecular weight excluding hydrogens is 270 g/mol. The van der Waals surface area contributed by atoms with Crippen molar-refractivity contribution in [3.8, 4) is 5.75 Å². The van der Waals surface area contributed by atoms with Crippen LogP contribution in [0.2, 0.25) is 0 Å². The zero-order valence-corrected chi connectivity index (χ0v) is 10.8. The van der Waals surface area contributed by atoms with Gasteiger partial charge in [0.1, 0.15) is 5.82 Å². The van der Waals surface area contributed by atoms with Gasteiger partial charge in [0.2, 0.25) is 0 Å². The van der Waals surface area contributed by atoms with Crippen LogP contribution in [-0.4, -0.2) is 21.0 Å². The lowest BCUT2D eigenvalue weighted by atomic mass is 10.1. The number of carbonyl (C=O) groups excluding carboxylic acids is 1. The van der Waals surface area contributed by atoms with Crippen LogP contribution in [0, 0.1) is 0 Å². The molecule has 0 aliphatic heterocycles. The third kappa shape index (κ3) is 2.34. The number of aromatic amines is 1. The second-order valence-corrected chi connectivity index (χ2v) is 4.39. The van der Waals surface area contributed by atoms with E-state index in [2.05, 4.69) is 15.3 Å². The molecule has 0 spiro atoms. The van der Waals surface area contributed by atoms with Gasteiger partial charge in [-0.1, -0.05) is 24.3 Å². The first-order valence-corrected chi connectivity index (χ1v) is 6.23. The average molecular weight is 281 g/mol. The van der Waals surface area contributed by atoms with Gasteiger partial charge in [0, 0.05) is 11.6 Å². The number of amides is 1. The molecular formula is C15H11N3O3. The van der Waals surface area contributed by atoms with Crippen molar-refractivity contribution in [3.63, 3.8) is 0 Å². The third-order valence-electron chi connectivity index (χ3n) is 3.04. The summed E-state index contributed by atoms with van der Waals surface area (Å²) in [7, 11) is 0. The van der Waals surface area contributed by atoms with Crippen molar-refractivity contribution < 1.29 is 9.90 Å². The predicted molar refractivity (Wildman–Crippen MR) is 78.4 cm³/mol. The van der Waals surface area contributed by atoms with E-state index in [4.69, 9.17) is 0 Å². The average Bonchev–Trinajstić information content (AvgIpc) is 2.52. The first-order valence-electron chi connectivity index (χ1n) is 6.23. The fourth-order valence-corrected chi connectivity index (χ4v) is 2.04. The molecule has 0 atom stereocenters. The van der Waals surface area contributed by atoms with Crippen LogP contribution in [0.3, 0.4) is 0 Å². The van der Waals surface area contributed by atoms with Crippen molar-refractivity contribution in [2.24, 2.45) is 0 Å². The highest BCUT2D eigenvalue weighted by atomic mass is 16.3. The Morgan fingerprint density at radius 2 is 1.81 bits per heavy atom. The Morgan fingerprint density at radius 3 is 2.52 bits per heavy atom. The number of fused-ring (bicyclic) bond motifs is 1. The Balaban J connectivity index is 2.07. The highest BCUT2D eigenvalue weighted by Crippen LogP contribution is 2.24. The minimum atomic E-state index is -0.631. The van der Waals surface area contributed by atoms with Gasteiger partial charge in [0.15, 0.2) is 11.4 Å². The summed E-state index contributed by atoms with van der Waals surface area (Å²) in [4.78, 5) is 30.4. The van der Waals surface area contributed by atoms with Crippen molar-refractivity contribution in [1.82, 2.24) is 9.97 Å². The molecule has 0 fully saturated rings. The van der Waals surface area contributed by atoms with Crippen LogP contribution in [0.15, 0.2) is 53.5 Å². The molecule has 1 amide bonds. The third-order valence-corrected chi connectivity index (χ3v) is 3.04. The molecule has 3 N–H and O–H groups in total. The summed E-state index contributed by atoms with van der Waals surface area (Å²) in [6.45, 7) is 0. The lowest BCUT2D eigenvalue weighted by Crippen LogP contribution is -2.19. The maximum Gasteiger partial charge on any atom is 0.277 e. The van der Waals surface area contributed by atoms with Crippen LogP contribution in [0.25, 0.3) is 10.8 Å². The normalized spacial score (nSPS) is 10.5. The molecule has 21 heavy (non-hydrogen) atoms. The molecule has 3 aromatic rings. The largest absolute Gasteiger partial charge is 0.505 e. The molecule has 104 valence electrons. The summed E-state index contributed by atoms with van der Waals surface area (Å²) in [5.74, 6) is -0.566. The Labute approximate surface area is 119 Å². The highest BCUT2D eigenvalue weighted by Gasteiger charge is 2.17. The standard InChI is InChI=1S/C15H11N3O3/c19-13-9-5-1-2-6-10(9)14(20)18-12(13)15(21)17-11-7-3-4-8-16-11/h1-8,19H,(H,18,20)(H,16,17,21). The molecule has 3 rings (SSSR count). The van der Waals surface area contributed by atoms with Gasteiger partial charge in [-0.2, -0.15) is 0 Å². The Hall–Kier alpha value is -3.15. The number of carbonyl (C=O) groups is 1. The SMILES string of the molecule is O=C(Nc1ccccn1)c1[nH]c(=O)c2ccccc2c1O. The smallest absolute Gasteiger partial charge is 0.277 e. The van der Waals surface area contributed by atoms with Gasteiger partial charge < -0.3 is 15.4 Å². The number of anilines is 1. The van der Waals surface area contributed by atoms with Crippen LogP contribution in [0.1, 0.15) is 10.5 Å². The molecule has 0 aliphatic rings. The van der Waals surface area contributed by atoms with Crippen molar-refractivity contribution in [2.75, 3.05) is 5.32 Å². The summed E-state index contributed by atoms with van der Waals surface area (Å²) < 4.78 is 0. The molecule has 0 aliphatic carbocycles. The molecule has 6 heteroatoms. The molecule has 6 nitrogen and oxygen atoms in total. The van der Waals surface area contributed by atoms with Crippen LogP contribution >= 0.6 is 0 Å². The monoisotopic (exact) mass is 281 g/mol. The summed E-state index contributed by atoms with van der Waals surface area (Å²) in [5, 5.41) is 13.3. The zero-order valence-electron chi connectivity index (χ0n) is 10.8. The van der Waals surface area contributed by atoms with Crippen molar-refractivity contribution in [3.05, 3.63) is 64.7 Å². The number of rotatable bonds is 2. The zero-order chi connectivity index (χ0) is 14.8. The molecule has 0 radical (unpaired) electrons. The maximum absolute atomic E-state index is 12.1. The molecule has 1 aromatic carbocycles.